The number of hydrogen-bond acceptors (Lipinski definition) is 3. The summed E-state index contributed by atoms with van der Waals surface area (Å²) < 4.78 is 13.4. The number of carbonyl (C=O) groups is 1. The van der Waals surface area contributed by atoms with Gasteiger partial charge < -0.3 is 16.2 Å². The molecule has 20 heavy (non-hydrogen) atoms. The van der Waals surface area contributed by atoms with Gasteiger partial charge in [0, 0.05) is 12.1 Å². The van der Waals surface area contributed by atoms with Gasteiger partial charge in [-0.05, 0) is 25.0 Å². The highest BCUT2D eigenvalue weighted by molar-refractivity contribution is 5.85. The molecule has 0 fully saturated rings. The number of nitrogens with two attached hydrogens (primary N) is 1. The molecule has 0 saturated carbocycles. The minimum atomic E-state index is -0.904. The van der Waals surface area contributed by atoms with E-state index in [1.165, 1.54) is 12.1 Å². The SMILES string of the molecule is CCCC(C)(N)C(=O)NCc1ccc(CO)c(F)c1.Cl. The number of hydrogen-bond donors (Lipinski definition) is 3. The van der Waals surface area contributed by atoms with Crippen molar-refractivity contribution in [1.29, 1.82) is 0 Å². The van der Waals surface area contributed by atoms with Crippen LogP contribution in [0.4, 0.5) is 4.39 Å². The molecule has 1 amide bonds. The summed E-state index contributed by atoms with van der Waals surface area (Å²) in [6, 6.07) is 4.48. The fraction of sp³-hybridized carbons (Fsp3) is 0.500. The van der Waals surface area contributed by atoms with Crippen molar-refractivity contribution >= 4 is 18.3 Å². The minimum Gasteiger partial charge on any atom is -0.392 e. The second-order valence-corrected chi connectivity index (χ2v) is 4.93. The number of aliphatic hydroxyl groups excluding tert-OH is 1. The van der Waals surface area contributed by atoms with Crippen LogP contribution in [0.2, 0.25) is 0 Å². The van der Waals surface area contributed by atoms with E-state index in [0.29, 0.717) is 12.0 Å². The number of amides is 1. The Labute approximate surface area is 125 Å². The van der Waals surface area contributed by atoms with E-state index >= 15 is 0 Å². The summed E-state index contributed by atoms with van der Waals surface area (Å²) in [6.45, 7) is 3.52. The Morgan fingerprint density at radius 2 is 2.15 bits per heavy atom. The van der Waals surface area contributed by atoms with E-state index in [2.05, 4.69) is 5.32 Å². The van der Waals surface area contributed by atoms with Crippen molar-refractivity contribution in [3.05, 3.63) is 35.1 Å². The molecule has 0 heterocycles. The van der Waals surface area contributed by atoms with Gasteiger partial charge in [0.05, 0.1) is 12.1 Å². The Bertz CT molecular complexity index is 453. The molecule has 1 atom stereocenters. The molecule has 0 bridgehead atoms. The van der Waals surface area contributed by atoms with Gasteiger partial charge in [0.2, 0.25) is 5.91 Å². The lowest BCUT2D eigenvalue weighted by Gasteiger charge is -2.22. The topological polar surface area (TPSA) is 75.4 Å². The molecule has 0 radical (unpaired) electrons. The summed E-state index contributed by atoms with van der Waals surface area (Å²) in [5.74, 6) is -0.723. The number of halogens is 2. The molecular weight excluding hydrogens is 283 g/mol. The molecule has 1 rings (SSSR count). The van der Waals surface area contributed by atoms with Gasteiger partial charge in [-0.3, -0.25) is 4.79 Å². The number of rotatable bonds is 6. The van der Waals surface area contributed by atoms with E-state index < -0.39 is 11.4 Å². The van der Waals surface area contributed by atoms with Gasteiger partial charge in [-0.2, -0.15) is 0 Å². The maximum absolute atomic E-state index is 13.4. The van der Waals surface area contributed by atoms with Crippen molar-refractivity contribution in [2.75, 3.05) is 0 Å². The number of carbonyl (C=O) groups excluding carboxylic acids is 1. The molecule has 0 spiro atoms. The number of nitrogens with one attached hydrogen (secondary N) is 1. The Morgan fingerprint density at radius 1 is 1.50 bits per heavy atom. The first-order valence-electron chi connectivity index (χ1n) is 6.36. The van der Waals surface area contributed by atoms with Crippen LogP contribution in [-0.2, 0) is 17.9 Å². The smallest absolute Gasteiger partial charge is 0.240 e. The third-order valence-electron chi connectivity index (χ3n) is 3.03. The fourth-order valence-corrected chi connectivity index (χ4v) is 1.85. The molecule has 0 aliphatic rings. The number of benzene rings is 1. The molecule has 0 aromatic heterocycles. The molecule has 0 aliphatic heterocycles. The zero-order valence-electron chi connectivity index (χ0n) is 11.8. The van der Waals surface area contributed by atoms with Gasteiger partial charge in [-0.25, -0.2) is 4.39 Å². The Kier molecular flexibility index (Phi) is 7.71. The zero-order chi connectivity index (χ0) is 14.5. The maximum Gasteiger partial charge on any atom is 0.240 e. The monoisotopic (exact) mass is 304 g/mol. The Hall–Kier alpha value is -1.17. The summed E-state index contributed by atoms with van der Waals surface area (Å²) >= 11 is 0. The van der Waals surface area contributed by atoms with Crippen molar-refractivity contribution in [3.8, 4) is 0 Å². The van der Waals surface area contributed by atoms with E-state index in [9.17, 15) is 9.18 Å². The summed E-state index contributed by atoms with van der Waals surface area (Å²) in [4.78, 5) is 11.9. The molecular formula is C14H22ClFN2O2. The molecule has 1 aromatic rings. The van der Waals surface area contributed by atoms with Crippen LogP contribution in [0, 0.1) is 5.82 Å². The van der Waals surface area contributed by atoms with Gasteiger partial charge >= 0.3 is 0 Å². The average molecular weight is 305 g/mol. The molecule has 1 aromatic carbocycles. The highest BCUT2D eigenvalue weighted by Gasteiger charge is 2.26. The normalized spacial score (nSPS) is 13.2. The average Bonchev–Trinajstić information content (AvgIpc) is 2.36. The predicted octanol–water partition coefficient (Wildman–Crippen LogP) is 1.87. The van der Waals surface area contributed by atoms with E-state index in [-0.39, 0.29) is 37.0 Å². The summed E-state index contributed by atoms with van der Waals surface area (Å²) in [7, 11) is 0. The Balaban J connectivity index is 0.00000361. The van der Waals surface area contributed by atoms with Crippen LogP contribution in [0.25, 0.3) is 0 Å². The molecule has 1 unspecified atom stereocenters. The van der Waals surface area contributed by atoms with Crippen molar-refractivity contribution in [2.45, 2.75) is 45.4 Å². The lowest BCUT2D eigenvalue weighted by molar-refractivity contribution is -0.126. The van der Waals surface area contributed by atoms with Gasteiger partial charge in [0.15, 0.2) is 0 Å². The third-order valence-corrected chi connectivity index (χ3v) is 3.03. The summed E-state index contributed by atoms with van der Waals surface area (Å²) in [5, 5.41) is 11.6. The summed E-state index contributed by atoms with van der Waals surface area (Å²) in [6.07, 6.45) is 1.41. The second kappa shape index (κ2) is 8.19. The first-order valence-corrected chi connectivity index (χ1v) is 6.36. The standard InChI is InChI=1S/C14H21FN2O2.ClH/c1-3-6-14(2,16)13(19)17-8-10-4-5-11(9-18)12(15)7-10;/h4-5,7,18H,3,6,8-9,16H2,1-2H3,(H,17,19);1H. The summed E-state index contributed by atoms with van der Waals surface area (Å²) in [5.41, 5.74) is 5.86. The lowest BCUT2D eigenvalue weighted by Crippen LogP contribution is -2.51. The van der Waals surface area contributed by atoms with Gasteiger partial charge in [0.25, 0.3) is 0 Å². The molecule has 114 valence electrons. The van der Waals surface area contributed by atoms with E-state index in [0.717, 1.165) is 6.42 Å². The largest absolute Gasteiger partial charge is 0.392 e. The molecule has 4 nitrogen and oxygen atoms in total. The van der Waals surface area contributed by atoms with Crippen LogP contribution in [0.1, 0.15) is 37.8 Å². The van der Waals surface area contributed by atoms with Crippen LogP contribution in [0.3, 0.4) is 0 Å². The van der Waals surface area contributed by atoms with Crippen molar-refractivity contribution in [1.82, 2.24) is 5.32 Å². The van der Waals surface area contributed by atoms with Crippen molar-refractivity contribution < 1.29 is 14.3 Å². The zero-order valence-corrected chi connectivity index (χ0v) is 12.6. The van der Waals surface area contributed by atoms with Crippen LogP contribution in [-0.4, -0.2) is 16.6 Å². The van der Waals surface area contributed by atoms with Crippen LogP contribution in [0.5, 0.6) is 0 Å². The van der Waals surface area contributed by atoms with E-state index in [4.69, 9.17) is 10.8 Å². The van der Waals surface area contributed by atoms with E-state index in [1.54, 1.807) is 13.0 Å². The van der Waals surface area contributed by atoms with Gasteiger partial charge in [0.1, 0.15) is 5.82 Å². The quantitative estimate of drug-likeness (QED) is 0.751. The predicted molar refractivity (Wildman–Crippen MR) is 78.9 cm³/mol. The molecule has 4 N–H and O–H groups in total. The molecule has 0 saturated heterocycles. The second-order valence-electron chi connectivity index (χ2n) is 4.93. The highest BCUT2D eigenvalue weighted by Crippen LogP contribution is 2.12. The molecule has 0 aliphatic carbocycles. The van der Waals surface area contributed by atoms with Crippen molar-refractivity contribution in [3.63, 3.8) is 0 Å². The van der Waals surface area contributed by atoms with Crippen LogP contribution >= 0.6 is 12.4 Å². The van der Waals surface area contributed by atoms with Gasteiger partial charge in [-0.1, -0.05) is 25.5 Å². The third kappa shape index (κ3) is 5.07. The van der Waals surface area contributed by atoms with Gasteiger partial charge in [-0.15, -0.1) is 12.4 Å². The lowest BCUT2D eigenvalue weighted by atomic mass is 9.96. The Morgan fingerprint density at radius 3 is 2.65 bits per heavy atom. The maximum atomic E-state index is 13.4. The molecule has 6 heteroatoms. The minimum absolute atomic E-state index is 0. The highest BCUT2D eigenvalue weighted by atomic mass is 35.5. The first-order chi connectivity index (χ1) is 8.90. The van der Waals surface area contributed by atoms with Crippen LogP contribution in [0.15, 0.2) is 18.2 Å². The van der Waals surface area contributed by atoms with Crippen molar-refractivity contribution in [2.24, 2.45) is 5.73 Å². The van der Waals surface area contributed by atoms with E-state index in [1.807, 2.05) is 6.92 Å². The first kappa shape index (κ1) is 18.8. The fourth-order valence-electron chi connectivity index (χ4n) is 1.85. The number of aliphatic hydroxyl groups is 1. The van der Waals surface area contributed by atoms with Crippen LogP contribution < -0.4 is 11.1 Å².